The van der Waals surface area contributed by atoms with Gasteiger partial charge in [0, 0.05) is 0 Å². The van der Waals surface area contributed by atoms with Gasteiger partial charge < -0.3 is 4.74 Å². The lowest BCUT2D eigenvalue weighted by atomic mass is 10.2. The third-order valence-corrected chi connectivity index (χ3v) is 4.65. The first-order valence-electron chi connectivity index (χ1n) is 6.86. The Labute approximate surface area is 146 Å². The van der Waals surface area contributed by atoms with E-state index in [9.17, 15) is 13.6 Å². The molecule has 3 nitrogen and oxygen atoms in total. The van der Waals surface area contributed by atoms with Gasteiger partial charge in [0.2, 0.25) is 0 Å². The maximum absolute atomic E-state index is 13.8. The molecule has 0 saturated carbocycles. The number of carbonyl (C=O) groups is 1. The molecule has 7 heteroatoms. The van der Waals surface area contributed by atoms with Crippen molar-refractivity contribution in [1.29, 1.82) is 0 Å². The van der Waals surface area contributed by atoms with Crippen LogP contribution in [0.15, 0.2) is 47.4 Å². The number of hydrogen-bond acceptors (Lipinski definition) is 4. The fourth-order valence-electron chi connectivity index (χ4n) is 2.20. The molecule has 0 aliphatic carbocycles. The van der Waals surface area contributed by atoms with Crippen molar-refractivity contribution in [1.82, 2.24) is 0 Å². The van der Waals surface area contributed by atoms with E-state index in [1.807, 2.05) is 0 Å². The van der Waals surface area contributed by atoms with E-state index in [4.69, 9.17) is 17.0 Å². The number of halogens is 2. The van der Waals surface area contributed by atoms with Crippen molar-refractivity contribution in [3.8, 4) is 5.75 Å². The molecule has 0 unspecified atom stereocenters. The summed E-state index contributed by atoms with van der Waals surface area (Å²) < 4.78 is 32.0. The Balaban J connectivity index is 1.90. The van der Waals surface area contributed by atoms with Crippen molar-refractivity contribution in [2.24, 2.45) is 0 Å². The normalized spacial score (nSPS) is 16.1. The lowest BCUT2D eigenvalue weighted by Gasteiger charge is -2.14. The predicted molar refractivity (Wildman–Crippen MR) is 95.0 cm³/mol. The highest BCUT2D eigenvalue weighted by atomic mass is 32.2. The van der Waals surface area contributed by atoms with Crippen molar-refractivity contribution in [3.63, 3.8) is 0 Å². The van der Waals surface area contributed by atoms with Crippen molar-refractivity contribution in [2.45, 2.75) is 0 Å². The molecule has 1 fully saturated rings. The minimum atomic E-state index is -0.514. The van der Waals surface area contributed by atoms with Crippen LogP contribution >= 0.6 is 24.0 Å². The SMILES string of the molecule is COc1ccc(C=C2SC(=S)N(c3ccc(F)cc3)C2=O)cc1F. The smallest absolute Gasteiger partial charge is 0.270 e. The largest absolute Gasteiger partial charge is 0.494 e. The van der Waals surface area contributed by atoms with Crippen LogP contribution in [0.1, 0.15) is 5.56 Å². The van der Waals surface area contributed by atoms with Crippen LogP contribution in [0.4, 0.5) is 14.5 Å². The fourth-order valence-corrected chi connectivity index (χ4v) is 3.50. The van der Waals surface area contributed by atoms with Crippen LogP contribution in [-0.2, 0) is 4.79 Å². The van der Waals surface area contributed by atoms with Gasteiger partial charge in [-0.2, -0.15) is 0 Å². The third kappa shape index (κ3) is 3.18. The van der Waals surface area contributed by atoms with Crippen LogP contribution in [0, 0.1) is 11.6 Å². The molecule has 2 aromatic rings. The van der Waals surface area contributed by atoms with Crippen LogP contribution in [0.25, 0.3) is 6.08 Å². The number of thiocarbonyl (C=S) groups is 1. The second-order valence-electron chi connectivity index (χ2n) is 4.89. The number of thioether (sulfide) groups is 1. The minimum absolute atomic E-state index is 0.131. The Morgan fingerprint density at radius 3 is 2.50 bits per heavy atom. The molecular formula is C17H11F2NO2S2. The molecule has 3 rings (SSSR count). The molecule has 0 radical (unpaired) electrons. The molecular weight excluding hydrogens is 352 g/mol. The summed E-state index contributed by atoms with van der Waals surface area (Å²) >= 11 is 6.34. The molecule has 0 bridgehead atoms. The van der Waals surface area contributed by atoms with Crippen LogP contribution in [0.2, 0.25) is 0 Å². The second kappa shape index (κ2) is 6.70. The second-order valence-corrected chi connectivity index (χ2v) is 6.56. The fraction of sp³-hybridized carbons (Fsp3) is 0.0588. The predicted octanol–water partition coefficient (Wildman–Crippen LogP) is 4.38. The number of rotatable bonds is 3. The standard InChI is InChI=1S/C17H11F2NO2S2/c1-22-14-7-2-10(8-13(14)19)9-15-16(21)20(17(23)24-15)12-5-3-11(18)4-6-12/h2-9H,1H3. The van der Waals surface area contributed by atoms with Crippen molar-refractivity contribution in [2.75, 3.05) is 12.0 Å². The number of ether oxygens (including phenoxy) is 1. The zero-order valence-electron chi connectivity index (χ0n) is 12.5. The van der Waals surface area contributed by atoms with E-state index in [0.29, 0.717) is 20.5 Å². The van der Waals surface area contributed by atoms with Gasteiger partial charge >= 0.3 is 0 Å². The van der Waals surface area contributed by atoms with Crippen molar-refractivity contribution in [3.05, 3.63) is 64.6 Å². The molecule has 122 valence electrons. The highest BCUT2D eigenvalue weighted by Gasteiger charge is 2.33. The van der Waals surface area contributed by atoms with E-state index in [1.165, 1.54) is 48.4 Å². The summed E-state index contributed by atoms with van der Waals surface area (Å²) in [6.07, 6.45) is 1.56. The Bertz CT molecular complexity index is 850. The average molecular weight is 363 g/mol. The molecule has 0 N–H and O–H groups in total. The lowest BCUT2D eigenvalue weighted by molar-refractivity contribution is -0.113. The molecule has 0 atom stereocenters. The van der Waals surface area contributed by atoms with Crippen LogP contribution in [0.3, 0.4) is 0 Å². The van der Waals surface area contributed by atoms with Gasteiger partial charge in [0.15, 0.2) is 15.9 Å². The molecule has 2 aromatic carbocycles. The number of nitrogens with zero attached hydrogens (tertiary/aromatic N) is 1. The maximum Gasteiger partial charge on any atom is 0.270 e. The first-order chi connectivity index (χ1) is 11.5. The third-order valence-electron chi connectivity index (χ3n) is 3.35. The van der Waals surface area contributed by atoms with Gasteiger partial charge in [0.1, 0.15) is 5.82 Å². The molecule has 1 aliphatic rings. The van der Waals surface area contributed by atoms with Gasteiger partial charge in [0.05, 0.1) is 17.7 Å². The van der Waals surface area contributed by atoms with E-state index in [0.717, 1.165) is 11.8 Å². The van der Waals surface area contributed by atoms with E-state index in [1.54, 1.807) is 12.1 Å². The number of methoxy groups -OCH3 is 1. The summed E-state index contributed by atoms with van der Waals surface area (Å²) in [6.45, 7) is 0. The highest BCUT2D eigenvalue weighted by molar-refractivity contribution is 8.27. The van der Waals surface area contributed by atoms with Crippen molar-refractivity contribution >= 4 is 46.0 Å². The molecule has 1 saturated heterocycles. The van der Waals surface area contributed by atoms with Gasteiger partial charge in [-0.25, -0.2) is 8.78 Å². The summed E-state index contributed by atoms with van der Waals surface area (Å²) in [4.78, 5) is 14.2. The Morgan fingerprint density at radius 1 is 1.17 bits per heavy atom. The van der Waals surface area contributed by atoms with Crippen LogP contribution < -0.4 is 9.64 Å². The van der Waals surface area contributed by atoms with Crippen LogP contribution in [0.5, 0.6) is 5.75 Å². The monoisotopic (exact) mass is 363 g/mol. The first-order valence-corrected chi connectivity index (χ1v) is 8.09. The van der Waals surface area contributed by atoms with Gasteiger partial charge in [-0.05, 0) is 48.0 Å². The number of amides is 1. The van der Waals surface area contributed by atoms with E-state index < -0.39 is 11.6 Å². The molecule has 0 spiro atoms. The maximum atomic E-state index is 13.8. The number of carbonyl (C=O) groups excluding carboxylic acids is 1. The molecule has 0 aromatic heterocycles. The van der Waals surface area contributed by atoms with Gasteiger partial charge in [0.25, 0.3) is 5.91 Å². The molecule has 1 heterocycles. The van der Waals surface area contributed by atoms with E-state index >= 15 is 0 Å². The van der Waals surface area contributed by atoms with Crippen LogP contribution in [-0.4, -0.2) is 17.3 Å². The Kier molecular flexibility index (Phi) is 4.64. The summed E-state index contributed by atoms with van der Waals surface area (Å²) in [5.41, 5.74) is 1.01. The zero-order valence-corrected chi connectivity index (χ0v) is 14.1. The average Bonchev–Trinajstić information content (AvgIpc) is 2.83. The number of anilines is 1. The van der Waals surface area contributed by atoms with E-state index in [-0.39, 0.29) is 11.7 Å². The van der Waals surface area contributed by atoms with Crippen molar-refractivity contribution < 1.29 is 18.3 Å². The summed E-state index contributed by atoms with van der Waals surface area (Å²) in [6, 6.07) is 9.90. The molecule has 1 aliphatic heterocycles. The Morgan fingerprint density at radius 2 is 1.88 bits per heavy atom. The molecule has 24 heavy (non-hydrogen) atoms. The Hall–Kier alpha value is -2.25. The minimum Gasteiger partial charge on any atom is -0.494 e. The quantitative estimate of drug-likeness (QED) is 0.598. The number of hydrogen-bond donors (Lipinski definition) is 0. The zero-order chi connectivity index (χ0) is 17.3. The first kappa shape index (κ1) is 16.6. The topological polar surface area (TPSA) is 29.5 Å². The summed E-state index contributed by atoms with van der Waals surface area (Å²) in [7, 11) is 1.38. The van der Waals surface area contributed by atoms with E-state index in [2.05, 4.69) is 0 Å². The highest BCUT2D eigenvalue weighted by Crippen LogP contribution is 2.36. The number of benzene rings is 2. The lowest BCUT2D eigenvalue weighted by Crippen LogP contribution is -2.27. The van der Waals surface area contributed by atoms with Gasteiger partial charge in [-0.15, -0.1) is 0 Å². The summed E-state index contributed by atoms with van der Waals surface area (Å²) in [5, 5.41) is 0. The van der Waals surface area contributed by atoms with Gasteiger partial charge in [-0.3, -0.25) is 9.69 Å². The molecule has 1 amide bonds. The van der Waals surface area contributed by atoms with Gasteiger partial charge in [-0.1, -0.05) is 30.0 Å². The summed E-state index contributed by atoms with van der Waals surface area (Å²) in [5.74, 6) is -1.10.